The van der Waals surface area contributed by atoms with Crippen molar-refractivity contribution in [2.24, 2.45) is 5.92 Å². The molecule has 0 spiro atoms. The molecule has 1 aliphatic heterocycles. The molecule has 1 N–H and O–H groups in total. The molecule has 1 fully saturated rings. The lowest BCUT2D eigenvalue weighted by atomic mass is 10.1. The van der Waals surface area contributed by atoms with Gasteiger partial charge in [0.05, 0.1) is 16.8 Å². The summed E-state index contributed by atoms with van der Waals surface area (Å²) in [6.07, 6.45) is 3.56. The number of amides is 1. The van der Waals surface area contributed by atoms with E-state index in [2.05, 4.69) is 18.8 Å². The summed E-state index contributed by atoms with van der Waals surface area (Å²) in [6, 6.07) is 0. The van der Waals surface area contributed by atoms with Crippen molar-refractivity contribution >= 4 is 17.2 Å². The van der Waals surface area contributed by atoms with Gasteiger partial charge in [-0.3, -0.25) is 4.79 Å². The number of hydrogen-bond acceptors (Lipinski definition) is 5. The van der Waals surface area contributed by atoms with E-state index < -0.39 is 0 Å². The Hall–Kier alpha value is -0.980. The molecule has 130 valence electrons. The van der Waals surface area contributed by atoms with Gasteiger partial charge >= 0.3 is 0 Å². The lowest BCUT2D eigenvalue weighted by molar-refractivity contribution is 0.00407. The third-order valence-corrected chi connectivity index (χ3v) is 5.17. The van der Waals surface area contributed by atoms with Crippen LogP contribution < -0.4 is 0 Å². The third kappa shape index (κ3) is 5.26. The number of ether oxygens (including phenoxy) is 1. The second kappa shape index (κ2) is 8.76. The minimum absolute atomic E-state index is 0.115. The molecule has 2 rings (SSSR count). The average molecular weight is 340 g/mol. The zero-order chi connectivity index (χ0) is 16.8. The van der Waals surface area contributed by atoms with Crippen molar-refractivity contribution in [2.75, 3.05) is 26.3 Å². The molecule has 0 aromatic carbocycles. The molecule has 6 heteroatoms. The largest absolute Gasteiger partial charge is 0.396 e. The van der Waals surface area contributed by atoms with Crippen LogP contribution in [0.15, 0.2) is 0 Å². The van der Waals surface area contributed by atoms with Crippen LogP contribution in [0.2, 0.25) is 0 Å². The van der Waals surface area contributed by atoms with Crippen molar-refractivity contribution in [3.63, 3.8) is 0 Å². The summed E-state index contributed by atoms with van der Waals surface area (Å²) in [5.74, 6) is 0.666. The van der Waals surface area contributed by atoms with Gasteiger partial charge in [-0.15, -0.1) is 11.3 Å². The van der Waals surface area contributed by atoms with Gasteiger partial charge in [0, 0.05) is 32.7 Å². The molecule has 1 aromatic heterocycles. The highest BCUT2D eigenvalue weighted by molar-refractivity contribution is 7.13. The van der Waals surface area contributed by atoms with Gasteiger partial charge in [-0.2, -0.15) is 0 Å². The van der Waals surface area contributed by atoms with E-state index in [9.17, 15) is 4.79 Å². The van der Waals surface area contributed by atoms with Crippen LogP contribution in [-0.2, 0) is 11.2 Å². The van der Waals surface area contributed by atoms with Gasteiger partial charge < -0.3 is 14.7 Å². The second-order valence-electron chi connectivity index (χ2n) is 6.56. The van der Waals surface area contributed by atoms with E-state index >= 15 is 0 Å². The predicted octanol–water partition coefficient (Wildman–Crippen LogP) is 2.65. The summed E-state index contributed by atoms with van der Waals surface area (Å²) < 4.78 is 5.72. The summed E-state index contributed by atoms with van der Waals surface area (Å²) in [7, 11) is 0. The van der Waals surface area contributed by atoms with Gasteiger partial charge in [-0.25, -0.2) is 4.98 Å². The van der Waals surface area contributed by atoms with Gasteiger partial charge in [-0.1, -0.05) is 13.8 Å². The zero-order valence-corrected chi connectivity index (χ0v) is 15.2. The third-order valence-electron chi connectivity index (χ3n) is 4.00. The van der Waals surface area contributed by atoms with Gasteiger partial charge in [0.2, 0.25) is 0 Å². The quantitative estimate of drug-likeness (QED) is 0.775. The van der Waals surface area contributed by atoms with E-state index in [1.165, 1.54) is 0 Å². The molecule has 5 nitrogen and oxygen atoms in total. The first-order chi connectivity index (χ1) is 11.0. The number of aliphatic hydroxyl groups is 1. The number of hydrogen-bond donors (Lipinski definition) is 1. The van der Waals surface area contributed by atoms with Crippen LogP contribution >= 0.6 is 11.3 Å². The van der Waals surface area contributed by atoms with E-state index in [0.29, 0.717) is 18.9 Å². The Labute approximate surface area is 142 Å². The number of carbonyl (C=O) groups is 1. The topological polar surface area (TPSA) is 62.7 Å². The molecule has 0 aliphatic carbocycles. The fourth-order valence-electron chi connectivity index (χ4n) is 2.77. The Morgan fingerprint density at radius 3 is 2.74 bits per heavy atom. The van der Waals surface area contributed by atoms with Crippen molar-refractivity contribution < 1.29 is 14.6 Å². The van der Waals surface area contributed by atoms with Crippen LogP contribution in [0.3, 0.4) is 0 Å². The highest BCUT2D eigenvalue weighted by Crippen LogP contribution is 2.24. The van der Waals surface area contributed by atoms with E-state index in [0.717, 1.165) is 47.9 Å². The van der Waals surface area contributed by atoms with E-state index in [4.69, 9.17) is 9.84 Å². The van der Waals surface area contributed by atoms with Crippen LogP contribution in [0.5, 0.6) is 0 Å². The summed E-state index contributed by atoms with van der Waals surface area (Å²) in [5.41, 5.74) is 0.858. The minimum atomic E-state index is 0.115. The molecule has 1 amide bonds. The lowest BCUT2D eigenvalue weighted by Crippen LogP contribution is -2.41. The number of aliphatic hydroxyl groups excluding tert-OH is 1. The summed E-state index contributed by atoms with van der Waals surface area (Å²) >= 11 is 1.55. The van der Waals surface area contributed by atoms with Crippen LogP contribution in [0.4, 0.5) is 0 Å². The standard InChI is InChI=1S/C17H28N2O3S/c1-12(2)11-15-18-13(3)16(23-15)17(21)19-7-5-14(6-8-19)22-10-4-9-20/h12,14,20H,4-11H2,1-3H3. The number of aryl methyl sites for hydroxylation is 1. The number of carbonyl (C=O) groups excluding carboxylic acids is 1. The molecule has 0 atom stereocenters. The first-order valence-corrected chi connectivity index (χ1v) is 9.31. The lowest BCUT2D eigenvalue weighted by Gasteiger charge is -2.31. The number of aromatic nitrogens is 1. The number of likely N-dealkylation sites (tertiary alicyclic amines) is 1. The SMILES string of the molecule is Cc1nc(CC(C)C)sc1C(=O)N1CCC(OCCCO)CC1. The zero-order valence-electron chi connectivity index (χ0n) is 14.4. The monoisotopic (exact) mass is 340 g/mol. The molecule has 0 unspecified atom stereocenters. The highest BCUT2D eigenvalue weighted by atomic mass is 32.1. The van der Waals surface area contributed by atoms with E-state index in [1.54, 1.807) is 11.3 Å². The Kier molecular flexibility index (Phi) is 6.99. The molecule has 1 aromatic rings. The van der Waals surface area contributed by atoms with E-state index in [1.807, 2.05) is 11.8 Å². The number of nitrogens with zero attached hydrogens (tertiary/aromatic N) is 2. The Morgan fingerprint density at radius 1 is 1.43 bits per heavy atom. The second-order valence-corrected chi connectivity index (χ2v) is 7.64. The molecule has 0 saturated carbocycles. The Balaban J connectivity index is 1.88. The van der Waals surface area contributed by atoms with Crippen LogP contribution in [-0.4, -0.2) is 53.3 Å². The maximum Gasteiger partial charge on any atom is 0.265 e. The van der Waals surface area contributed by atoms with Crippen molar-refractivity contribution in [2.45, 2.75) is 52.6 Å². The van der Waals surface area contributed by atoms with Gasteiger partial charge in [0.25, 0.3) is 5.91 Å². The Morgan fingerprint density at radius 2 is 2.13 bits per heavy atom. The van der Waals surface area contributed by atoms with Crippen molar-refractivity contribution in [3.05, 3.63) is 15.6 Å². The summed E-state index contributed by atoms with van der Waals surface area (Å²) in [6.45, 7) is 8.50. The molecular weight excluding hydrogens is 312 g/mol. The summed E-state index contributed by atoms with van der Waals surface area (Å²) in [4.78, 5) is 20.0. The van der Waals surface area contributed by atoms with Crippen LogP contribution in [0.1, 0.15) is 53.5 Å². The number of rotatable bonds is 7. The van der Waals surface area contributed by atoms with Crippen molar-refractivity contribution in [3.8, 4) is 0 Å². The molecule has 0 bridgehead atoms. The van der Waals surface area contributed by atoms with Gasteiger partial charge in [-0.05, 0) is 32.1 Å². The minimum Gasteiger partial charge on any atom is -0.396 e. The smallest absolute Gasteiger partial charge is 0.265 e. The molecule has 0 radical (unpaired) electrons. The predicted molar refractivity (Wildman–Crippen MR) is 92.0 cm³/mol. The maximum absolute atomic E-state index is 12.7. The maximum atomic E-state index is 12.7. The normalized spacial score (nSPS) is 16.3. The van der Waals surface area contributed by atoms with E-state index in [-0.39, 0.29) is 18.6 Å². The molecule has 1 saturated heterocycles. The van der Waals surface area contributed by atoms with Crippen LogP contribution in [0, 0.1) is 12.8 Å². The van der Waals surface area contributed by atoms with Gasteiger partial charge in [0.15, 0.2) is 0 Å². The molecule has 23 heavy (non-hydrogen) atoms. The number of thiazole rings is 1. The van der Waals surface area contributed by atoms with Crippen molar-refractivity contribution in [1.82, 2.24) is 9.88 Å². The molecule has 1 aliphatic rings. The highest BCUT2D eigenvalue weighted by Gasteiger charge is 2.26. The Bertz CT molecular complexity index is 508. The van der Waals surface area contributed by atoms with Crippen LogP contribution in [0.25, 0.3) is 0 Å². The first kappa shape index (κ1) is 18.4. The van der Waals surface area contributed by atoms with Gasteiger partial charge in [0.1, 0.15) is 4.88 Å². The first-order valence-electron chi connectivity index (χ1n) is 8.49. The molecular formula is C17H28N2O3S. The summed E-state index contributed by atoms with van der Waals surface area (Å²) in [5, 5.41) is 9.84. The average Bonchev–Trinajstić information content (AvgIpc) is 2.87. The fourth-order valence-corrected chi connectivity index (χ4v) is 4.02. The molecule has 2 heterocycles. The van der Waals surface area contributed by atoms with Crippen molar-refractivity contribution in [1.29, 1.82) is 0 Å². The number of piperidine rings is 1. The fraction of sp³-hybridized carbons (Fsp3) is 0.765.